The van der Waals surface area contributed by atoms with Crippen molar-refractivity contribution in [2.24, 2.45) is 11.8 Å². The topological polar surface area (TPSA) is 53.4 Å². The maximum atomic E-state index is 10.9. The predicted octanol–water partition coefficient (Wildman–Crippen LogP) is 1.80. The standard InChI is InChI=1S/C13H18N2O2/c1-9(13(16)17)12-7-15(8-12)10(2)11-3-5-14-6-4-11/h3-6,9-10,12H,7-8H2,1-2H3,(H,16,17). The van der Waals surface area contributed by atoms with Gasteiger partial charge >= 0.3 is 5.97 Å². The van der Waals surface area contributed by atoms with Crippen molar-refractivity contribution in [1.29, 1.82) is 0 Å². The van der Waals surface area contributed by atoms with Crippen molar-refractivity contribution in [3.05, 3.63) is 30.1 Å². The first-order valence-electron chi connectivity index (χ1n) is 5.96. The van der Waals surface area contributed by atoms with Crippen LogP contribution in [0.2, 0.25) is 0 Å². The van der Waals surface area contributed by atoms with E-state index >= 15 is 0 Å². The van der Waals surface area contributed by atoms with Crippen LogP contribution in [0.3, 0.4) is 0 Å². The Kier molecular flexibility index (Phi) is 3.43. The summed E-state index contributed by atoms with van der Waals surface area (Å²) < 4.78 is 0. The second-order valence-electron chi connectivity index (χ2n) is 4.80. The van der Waals surface area contributed by atoms with E-state index in [0.29, 0.717) is 6.04 Å². The van der Waals surface area contributed by atoms with Crippen LogP contribution in [0.15, 0.2) is 24.5 Å². The van der Waals surface area contributed by atoms with Gasteiger partial charge in [-0.05, 0) is 30.5 Å². The van der Waals surface area contributed by atoms with Gasteiger partial charge in [0, 0.05) is 31.5 Å². The number of nitrogens with zero attached hydrogens (tertiary/aromatic N) is 2. The maximum absolute atomic E-state index is 10.9. The molecule has 1 aliphatic heterocycles. The summed E-state index contributed by atoms with van der Waals surface area (Å²) in [7, 11) is 0. The van der Waals surface area contributed by atoms with Crippen molar-refractivity contribution >= 4 is 5.97 Å². The zero-order valence-corrected chi connectivity index (χ0v) is 10.2. The molecule has 2 atom stereocenters. The number of hydrogen-bond acceptors (Lipinski definition) is 3. The van der Waals surface area contributed by atoms with Gasteiger partial charge in [0.05, 0.1) is 5.92 Å². The molecule has 0 spiro atoms. The fourth-order valence-corrected chi connectivity index (χ4v) is 2.24. The van der Waals surface area contributed by atoms with Crippen LogP contribution in [0.1, 0.15) is 25.5 Å². The molecule has 2 heterocycles. The van der Waals surface area contributed by atoms with E-state index < -0.39 is 5.97 Å². The Labute approximate surface area is 101 Å². The molecule has 1 aromatic rings. The minimum atomic E-state index is -0.689. The molecule has 0 radical (unpaired) electrons. The van der Waals surface area contributed by atoms with Gasteiger partial charge in [-0.2, -0.15) is 0 Å². The van der Waals surface area contributed by atoms with Crippen molar-refractivity contribution in [1.82, 2.24) is 9.88 Å². The molecule has 1 saturated heterocycles. The summed E-state index contributed by atoms with van der Waals surface area (Å²) in [5.41, 5.74) is 1.24. The molecule has 1 fully saturated rings. The molecule has 0 aliphatic carbocycles. The van der Waals surface area contributed by atoms with Crippen molar-refractivity contribution in [3.8, 4) is 0 Å². The molecule has 0 saturated carbocycles. The summed E-state index contributed by atoms with van der Waals surface area (Å²) in [6.45, 7) is 5.69. The first-order chi connectivity index (χ1) is 8.09. The molecule has 1 aromatic heterocycles. The Bertz CT molecular complexity index is 388. The number of carboxylic acids is 1. The lowest BCUT2D eigenvalue weighted by Gasteiger charge is -2.45. The van der Waals surface area contributed by atoms with Gasteiger partial charge in [0.1, 0.15) is 0 Å². The van der Waals surface area contributed by atoms with Crippen molar-refractivity contribution in [3.63, 3.8) is 0 Å². The van der Waals surface area contributed by atoms with Gasteiger partial charge in [0.2, 0.25) is 0 Å². The summed E-state index contributed by atoms with van der Waals surface area (Å²) in [6, 6.07) is 4.37. The fourth-order valence-electron chi connectivity index (χ4n) is 2.24. The van der Waals surface area contributed by atoms with Crippen molar-refractivity contribution in [2.75, 3.05) is 13.1 Å². The van der Waals surface area contributed by atoms with Gasteiger partial charge in [-0.25, -0.2) is 0 Å². The van der Waals surface area contributed by atoms with Gasteiger partial charge in [0.25, 0.3) is 0 Å². The van der Waals surface area contributed by atoms with E-state index in [0.717, 1.165) is 13.1 Å². The van der Waals surface area contributed by atoms with Crippen molar-refractivity contribution in [2.45, 2.75) is 19.9 Å². The third-order valence-corrected chi connectivity index (χ3v) is 3.77. The molecule has 2 rings (SSSR count). The third kappa shape index (κ3) is 2.47. The summed E-state index contributed by atoms with van der Waals surface area (Å²) in [5.74, 6) is -0.640. The highest BCUT2D eigenvalue weighted by molar-refractivity contribution is 5.70. The van der Waals surface area contributed by atoms with Crippen LogP contribution < -0.4 is 0 Å². The maximum Gasteiger partial charge on any atom is 0.306 e. The van der Waals surface area contributed by atoms with Gasteiger partial charge in [-0.1, -0.05) is 6.92 Å². The average molecular weight is 234 g/mol. The molecule has 1 N–H and O–H groups in total. The second-order valence-corrected chi connectivity index (χ2v) is 4.80. The number of carbonyl (C=O) groups is 1. The number of pyridine rings is 1. The number of rotatable bonds is 4. The molecule has 0 bridgehead atoms. The monoisotopic (exact) mass is 234 g/mol. The van der Waals surface area contributed by atoms with Crippen LogP contribution in [-0.2, 0) is 4.79 Å². The summed E-state index contributed by atoms with van der Waals surface area (Å²) in [6.07, 6.45) is 3.59. The SMILES string of the molecule is CC(C(=O)O)C1CN(C(C)c2ccncc2)C1. The van der Waals surface area contributed by atoms with E-state index in [-0.39, 0.29) is 11.8 Å². The Hall–Kier alpha value is -1.42. The van der Waals surface area contributed by atoms with Crippen LogP contribution in [0.25, 0.3) is 0 Å². The van der Waals surface area contributed by atoms with Gasteiger partial charge in [-0.15, -0.1) is 0 Å². The zero-order valence-electron chi connectivity index (χ0n) is 10.2. The molecule has 0 amide bonds. The summed E-state index contributed by atoms with van der Waals surface area (Å²) in [4.78, 5) is 17.2. The van der Waals surface area contributed by atoms with E-state index in [9.17, 15) is 4.79 Å². The molecule has 0 aromatic carbocycles. The lowest BCUT2D eigenvalue weighted by Crippen LogP contribution is -2.51. The average Bonchev–Trinajstić information content (AvgIpc) is 2.27. The Morgan fingerprint density at radius 3 is 2.53 bits per heavy atom. The van der Waals surface area contributed by atoms with Gasteiger partial charge in [0.15, 0.2) is 0 Å². The highest BCUT2D eigenvalue weighted by Gasteiger charge is 2.36. The Morgan fingerprint density at radius 1 is 1.41 bits per heavy atom. The third-order valence-electron chi connectivity index (χ3n) is 3.77. The van der Waals surface area contributed by atoms with Crippen LogP contribution in [0.5, 0.6) is 0 Å². The minimum absolute atomic E-state index is 0.240. The summed E-state index contributed by atoms with van der Waals surface area (Å²) in [5, 5.41) is 8.93. The van der Waals surface area contributed by atoms with Crippen LogP contribution in [0, 0.1) is 11.8 Å². The van der Waals surface area contributed by atoms with Crippen LogP contribution in [0.4, 0.5) is 0 Å². The number of likely N-dealkylation sites (tertiary alicyclic amines) is 1. The molecule has 4 nitrogen and oxygen atoms in total. The molecule has 92 valence electrons. The first-order valence-corrected chi connectivity index (χ1v) is 5.96. The zero-order chi connectivity index (χ0) is 12.4. The van der Waals surface area contributed by atoms with E-state index in [1.54, 1.807) is 19.3 Å². The molecule has 1 aliphatic rings. The fraction of sp³-hybridized carbons (Fsp3) is 0.538. The van der Waals surface area contributed by atoms with Crippen molar-refractivity contribution < 1.29 is 9.90 Å². The lowest BCUT2D eigenvalue weighted by molar-refractivity contribution is -0.146. The number of carboxylic acid groups (broad SMARTS) is 1. The number of aromatic nitrogens is 1. The highest BCUT2D eigenvalue weighted by atomic mass is 16.4. The first kappa shape index (κ1) is 12.0. The number of aliphatic carboxylic acids is 1. The van der Waals surface area contributed by atoms with Gasteiger partial charge < -0.3 is 5.11 Å². The van der Waals surface area contributed by atoms with E-state index in [1.165, 1.54) is 5.56 Å². The Balaban J connectivity index is 1.90. The Morgan fingerprint density at radius 2 is 2.00 bits per heavy atom. The molecular weight excluding hydrogens is 216 g/mol. The number of hydrogen-bond donors (Lipinski definition) is 1. The van der Waals surface area contributed by atoms with E-state index in [4.69, 9.17) is 5.11 Å². The van der Waals surface area contributed by atoms with Crippen LogP contribution >= 0.6 is 0 Å². The largest absolute Gasteiger partial charge is 0.481 e. The smallest absolute Gasteiger partial charge is 0.306 e. The highest BCUT2D eigenvalue weighted by Crippen LogP contribution is 2.31. The van der Waals surface area contributed by atoms with E-state index in [2.05, 4.69) is 16.8 Å². The summed E-state index contributed by atoms with van der Waals surface area (Å²) >= 11 is 0. The minimum Gasteiger partial charge on any atom is -0.481 e. The molecule has 2 unspecified atom stereocenters. The van der Waals surface area contributed by atoms with Crippen LogP contribution in [-0.4, -0.2) is 34.0 Å². The molecular formula is C13H18N2O2. The van der Waals surface area contributed by atoms with E-state index in [1.807, 2.05) is 12.1 Å². The van der Waals surface area contributed by atoms with Gasteiger partial charge in [-0.3, -0.25) is 14.7 Å². The molecule has 4 heteroatoms. The quantitative estimate of drug-likeness (QED) is 0.863. The second kappa shape index (κ2) is 4.84. The molecule has 17 heavy (non-hydrogen) atoms. The normalized spacial score (nSPS) is 20.6. The predicted molar refractivity (Wildman–Crippen MR) is 64.5 cm³/mol. The lowest BCUT2D eigenvalue weighted by atomic mass is 9.85.